The third-order valence-corrected chi connectivity index (χ3v) is 5.70. The molecule has 0 radical (unpaired) electrons. The van der Waals surface area contributed by atoms with E-state index in [1.165, 1.54) is 4.57 Å². The van der Waals surface area contributed by atoms with Crippen LogP contribution in [0.4, 0.5) is 0 Å². The molecular weight excluding hydrogens is 420 g/mol. The zero-order valence-electron chi connectivity index (χ0n) is 14.9. The van der Waals surface area contributed by atoms with Gasteiger partial charge in [-0.1, -0.05) is 18.7 Å². The zero-order valence-corrected chi connectivity index (χ0v) is 17.3. The maximum atomic E-state index is 12.2. The van der Waals surface area contributed by atoms with Crippen LogP contribution in [0, 0.1) is 19.8 Å². The molecule has 8 nitrogen and oxygen atoms in total. The summed E-state index contributed by atoms with van der Waals surface area (Å²) < 4.78 is 3.65. The number of nitrogens with zero attached hydrogens (tertiary/aromatic N) is 5. The van der Waals surface area contributed by atoms with Crippen LogP contribution in [0.5, 0.6) is 0 Å². The quantitative estimate of drug-likeness (QED) is 0.371. The van der Waals surface area contributed by atoms with Crippen LogP contribution in [-0.4, -0.2) is 34.8 Å². The topological polar surface area (TPSA) is 98.5 Å². The Balaban J connectivity index is 1.82. The van der Waals surface area contributed by atoms with E-state index >= 15 is 0 Å². The van der Waals surface area contributed by atoms with Crippen molar-refractivity contribution in [3.05, 3.63) is 43.0 Å². The summed E-state index contributed by atoms with van der Waals surface area (Å²) >= 11 is 4.99. The van der Waals surface area contributed by atoms with E-state index in [2.05, 4.69) is 42.8 Å². The van der Waals surface area contributed by atoms with Crippen LogP contribution in [0.1, 0.15) is 18.3 Å². The van der Waals surface area contributed by atoms with Crippen molar-refractivity contribution in [2.24, 2.45) is 13.0 Å². The summed E-state index contributed by atoms with van der Waals surface area (Å²) in [5, 5.41) is 0.754. The van der Waals surface area contributed by atoms with Crippen molar-refractivity contribution in [3.8, 4) is 0 Å². The summed E-state index contributed by atoms with van der Waals surface area (Å²) in [6, 6.07) is 1.94. The van der Waals surface area contributed by atoms with E-state index in [9.17, 15) is 9.59 Å². The second kappa shape index (κ2) is 7.36. The highest BCUT2D eigenvalue weighted by Gasteiger charge is 2.18. The van der Waals surface area contributed by atoms with Crippen LogP contribution < -0.4 is 11.2 Å². The fourth-order valence-electron chi connectivity index (χ4n) is 2.71. The molecule has 0 saturated heterocycles. The number of imidazole rings is 1. The highest BCUT2D eigenvalue weighted by atomic mass is 79.9. The van der Waals surface area contributed by atoms with E-state index < -0.39 is 11.2 Å². The van der Waals surface area contributed by atoms with Crippen molar-refractivity contribution in [1.29, 1.82) is 0 Å². The van der Waals surface area contributed by atoms with Crippen LogP contribution in [-0.2, 0) is 13.6 Å². The minimum atomic E-state index is -0.477. The molecule has 1 unspecified atom stereocenters. The number of hydrogen-bond donors (Lipinski definition) is 1. The molecule has 0 aliphatic rings. The minimum absolute atomic E-state index is 0.231. The number of H-pyrrole nitrogens is 1. The van der Waals surface area contributed by atoms with E-state index in [-0.39, 0.29) is 5.92 Å². The smallest absolute Gasteiger partial charge is 0.312 e. The Morgan fingerprint density at radius 1 is 1.23 bits per heavy atom. The monoisotopic (exact) mass is 438 g/mol. The lowest BCUT2D eigenvalue weighted by molar-refractivity contribution is 0.532. The van der Waals surface area contributed by atoms with E-state index in [4.69, 9.17) is 0 Å². The first kappa shape index (κ1) is 18.8. The summed E-state index contributed by atoms with van der Waals surface area (Å²) in [5.41, 5.74) is 1.74. The number of rotatable bonds is 5. The Hall–Kier alpha value is -1.94. The van der Waals surface area contributed by atoms with Crippen LogP contribution >= 0.6 is 27.7 Å². The van der Waals surface area contributed by atoms with Crippen LogP contribution in [0.15, 0.2) is 25.5 Å². The van der Waals surface area contributed by atoms with Crippen molar-refractivity contribution in [1.82, 2.24) is 29.1 Å². The maximum Gasteiger partial charge on any atom is 0.329 e. The highest BCUT2D eigenvalue weighted by Crippen LogP contribution is 2.22. The fourth-order valence-corrected chi connectivity index (χ4v) is 4.16. The number of thioether (sulfide) groups is 1. The first-order valence-corrected chi connectivity index (χ1v) is 9.84. The molecule has 138 valence electrons. The molecule has 0 bridgehead atoms. The van der Waals surface area contributed by atoms with Gasteiger partial charge in [0.05, 0.1) is 0 Å². The van der Waals surface area contributed by atoms with Gasteiger partial charge in [-0.05, 0) is 41.8 Å². The molecule has 3 heterocycles. The number of aromatic amines is 1. The first-order valence-electron chi connectivity index (χ1n) is 8.06. The lowest BCUT2D eigenvalue weighted by atomic mass is 10.2. The Labute approximate surface area is 162 Å². The second-order valence-corrected chi connectivity index (χ2v) is 8.03. The van der Waals surface area contributed by atoms with Gasteiger partial charge in [0.2, 0.25) is 0 Å². The van der Waals surface area contributed by atoms with E-state index in [0.29, 0.717) is 22.4 Å². The van der Waals surface area contributed by atoms with Gasteiger partial charge in [0.15, 0.2) is 21.1 Å². The largest absolute Gasteiger partial charge is 0.329 e. The number of halogens is 1. The molecule has 0 aromatic carbocycles. The summed E-state index contributed by atoms with van der Waals surface area (Å²) in [6.07, 6.45) is 0. The third-order valence-electron chi connectivity index (χ3n) is 3.91. The summed E-state index contributed by atoms with van der Waals surface area (Å²) in [7, 11) is 1.58. The number of aryl methyl sites for hydroxylation is 3. The van der Waals surface area contributed by atoms with Crippen molar-refractivity contribution < 1.29 is 0 Å². The van der Waals surface area contributed by atoms with Crippen molar-refractivity contribution >= 4 is 38.9 Å². The molecule has 1 N–H and O–H groups in total. The van der Waals surface area contributed by atoms with E-state index in [1.807, 2.05) is 19.9 Å². The van der Waals surface area contributed by atoms with Gasteiger partial charge in [0, 0.05) is 30.7 Å². The molecule has 1 atom stereocenters. The Kier molecular flexibility index (Phi) is 5.33. The van der Waals surface area contributed by atoms with Crippen LogP contribution in [0.25, 0.3) is 11.2 Å². The summed E-state index contributed by atoms with van der Waals surface area (Å²) in [6.45, 7) is 6.57. The van der Waals surface area contributed by atoms with Crippen LogP contribution in [0.3, 0.4) is 0 Å². The number of nitrogens with one attached hydrogen (secondary N) is 1. The van der Waals surface area contributed by atoms with Gasteiger partial charge < -0.3 is 4.57 Å². The van der Waals surface area contributed by atoms with Gasteiger partial charge in [0.25, 0.3) is 5.56 Å². The molecule has 0 aliphatic heterocycles. The molecule has 0 spiro atoms. The molecule has 3 aromatic rings. The molecule has 26 heavy (non-hydrogen) atoms. The van der Waals surface area contributed by atoms with Gasteiger partial charge in [0.1, 0.15) is 0 Å². The van der Waals surface area contributed by atoms with Crippen LogP contribution in [0.2, 0.25) is 0 Å². The number of aromatic nitrogens is 6. The molecule has 10 heteroatoms. The maximum absolute atomic E-state index is 12.2. The Morgan fingerprint density at radius 3 is 2.54 bits per heavy atom. The summed E-state index contributed by atoms with van der Waals surface area (Å²) in [4.78, 5) is 39.5. The number of fused-ring (bicyclic) bond motifs is 1. The molecule has 3 rings (SSSR count). The Morgan fingerprint density at radius 2 is 1.88 bits per heavy atom. The average Bonchev–Trinajstić information content (AvgIpc) is 2.87. The van der Waals surface area contributed by atoms with Crippen molar-refractivity contribution in [2.75, 3.05) is 5.75 Å². The molecule has 0 saturated carbocycles. The zero-order chi connectivity index (χ0) is 19.0. The lowest BCUT2D eigenvalue weighted by Crippen LogP contribution is -2.29. The third kappa shape index (κ3) is 3.75. The summed E-state index contributed by atoms with van der Waals surface area (Å²) in [5.74, 6) is 1.02. The minimum Gasteiger partial charge on any atom is -0.312 e. The van der Waals surface area contributed by atoms with E-state index in [1.54, 1.807) is 23.4 Å². The molecule has 0 fully saturated rings. The normalized spacial score (nSPS) is 12.7. The predicted molar refractivity (Wildman–Crippen MR) is 105 cm³/mol. The molecule has 0 aliphatic carbocycles. The van der Waals surface area contributed by atoms with Gasteiger partial charge in [-0.15, -0.1) is 0 Å². The van der Waals surface area contributed by atoms with Crippen molar-refractivity contribution in [2.45, 2.75) is 32.5 Å². The first-order chi connectivity index (χ1) is 12.3. The molecule has 3 aromatic heterocycles. The van der Waals surface area contributed by atoms with Gasteiger partial charge in [-0.2, -0.15) is 0 Å². The Bertz CT molecular complexity index is 1070. The molecule has 0 amide bonds. The second-order valence-electron chi connectivity index (χ2n) is 6.33. The fraction of sp³-hybridized carbons (Fsp3) is 0.438. The predicted octanol–water partition coefficient (Wildman–Crippen LogP) is 2.02. The van der Waals surface area contributed by atoms with Gasteiger partial charge >= 0.3 is 5.69 Å². The lowest BCUT2D eigenvalue weighted by Gasteiger charge is -2.13. The number of hydrogen-bond acceptors (Lipinski definition) is 6. The molecular formula is C16H19BrN6O2S. The average molecular weight is 439 g/mol. The SMILES string of the molecule is Cc1cc(C)nc(SCC(C)Cn2c(Br)nc3c2c(=O)[nH]c(=O)n3C)n1. The van der Waals surface area contributed by atoms with Crippen molar-refractivity contribution in [3.63, 3.8) is 0 Å². The van der Waals surface area contributed by atoms with Gasteiger partial charge in [-0.25, -0.2) is 19.7 Å². The highest BCUT2D eigenvalue weighted by molar-refractivity contribution is 9.10. The van der Waals surface area contributed by atoms with E-state index in [0.717, 1.165) is 22.3 Å². The van der Waals surface area contributed by atoms with Gasteiger partial charge in [-0.3, -0.25) is 14.3 Å². The standard InChI is InChI=1S/C16H19BrN6O2S/c1-8(7-26-15-18-9(2)5-10(3)19-15)6-23-11-12(20-14(23)17)22(4)16(25)21-13(11)24/h5,8H,6-7H2,1-4H3,(H,21,24,25).